The van der Waals surface area contributed by atoms with E-state index in [-0.39, 0.29) is 5.75 Å². The van der Waals surface area contributed by atoms with Crippen molar-refractivity contribution in [3.05, 3.63) is 29.8 Å². The summed E-state index contributed by atoms with van der Waals surface area (Å²) in [5, 5.41) is 22.9. The normalized spacial score (nSPS) is 6.62. The van der Waals surface area contributed by atoms with Crippen molar-refractivity contribution in [1.82, 2.24) is 0 Å². The van der Waals surface area contributed by atoms with Crippen LogP contribution in [0, 0.1) is 0 Å². The van der Waals surface area contributed by atoms with Crippen LogP contribution in [0.25, 0.3) is 0 Å². The van der Waals surface area contributed by atoms with Gasteiger partial charge in [-0.1, -0.05) is 12.1 Å². The summed E-state index contributed by atoms with van der Waals surface area (Å²) in [7, 11) is 11.9. The molecule has 93 valence electrons. The average Bonchev–Trinajstić information content (AvgIpc) is 2.36. The summed E-state index contributed by atoms with van der Waals surface area (Å²) in [5.41, 5.74) is 0.331. The molecule has 7 heteroatoms. The number of para-hydroxylation sites is 1. The first-order valence-electron chi connectivity index (χ1n) is 3.81. The molecule has 0 aliphatic heterocycles. The summed E-state index contributed by atoms with van der Waals surface area (Å²) in [6.07, 6.45) is 0.620. The average molecular weight is 438 g/mol. The molecular formula is C9H14Cl2O4Ta. The van der Waals surface area contributed by atoms with E-state index >= 15 is 0 Å². The number of rotatable bonds is 1. The number of benzene rings is 1. The molecule has 0 amide bonds. The maximum atomic E-state index is 10.1. The first-order chi connectivity index (χ1) is 7.76. The van der Waals surface area contributed by atoms with Crippen LogP contribution in [0.3, 0.4) is 0 Å². The van der Waals surface area contributed by atoms with Gasteiger partial charge in [0.25, 0.3) is 0 Å². The van der Waals surface area contributed by atoms with E-state index in [1.165, 1.54) is 6.07 Å². The molecule has 0 unspecified atom stereocenters. The van der Waals surface area contributed by atoms with Gasteiger partial charge in [-0.15, -0.1) is 0 Å². The van der Waals surface area contributed by atoms with Crippen molar-refractivity contribution in [3.8, 4) is 5.75 Å². The maximum absolute atomic E-state index is 10.1. The number of hydrogen-bond donors (Lipinski definition) is 3. The molecule has 3 N–H and O–H groups in total. The van der Waals surface area contributed by atoms with Gasteiger partial charge in [-0.2, -0.15) is 0 Å². The number of aromatic hydroxyl groups is 1. The summed E-state index contributed by atoms with van der Waals surface area (Å²) >= 11 is -0.889. The SMILES string of the molecule is CO.CO.O=Cc1ccccc1O.[Cl][Ta][Cl]. The van der Waals surface area contributed by atoms with Gasteiger partial charge in [-0.25, -0.2) is 0 Å². The summed E-state index contributed by atoms with van der Waals surface area (Å²) in [4.78, 5) is 10.1. The topological polar surface area (TPSA) is 77.8 Å². The number of hydrogen-bond acceptors (Lipinski definition) is 4. The number of aliphatic hydroxyl groups excluding tert-OH is 2. The Morgan fingerprint density at radius 1 is 1.12 bits per heavy atom. The molecule has 0 bridgehead atoms. The van der Waals surface area contributed by atoms with Crippen LogP contribution >= 0.6 is 18.4 Å². The van der Waals surface area contributed by atoms with E-state index < -0.39 is 17.6 Å². The fraction of sp³-hybridized carbons (Fsp3) is 0.222. The minimum absolute atomic E-state index is 0.0347. The Morgan fingerprint density at radius 2 is 1.50 bits per heavy atom. The van der Waals surface area contributed by atoms with Gasteiger partial charge in [0.1, 0.15) is 5.75 Å². The molecule has 0 aliphatic carbocycles. The number of phenols is 1. The van der Waals surface area contributed by atoms with Crippen molar-refractivity contribution in [2.45, 2.75) is 0 Å². The molecule has 16 heavy (non-hydrogen) atoms. The first-order valence-corrected chi connectivity index (χ1v) is 11.8. The zero-order valence-electron chi connectivity index (χ0n) is 8.84. The quantitative estimate of drug-likeness (QED) is 0.585. The molecule has 0 heterocycles. The Bertz CT molecular complexity index is 249. The van der Waals surface area contributed by atoms with Crippen molar-refractivity contribution in [3.63, 3.8) is 0 Å². The van der Waals surface area contributed by atoms with Crippen LogP contribution < -0.4 is 0 Å². The summed E-state index contributed by atoms with van der Waals surface area (Å²) in [6, 6.07) is 6.40. The minimum atomic E-state index is -0.889. The number of aliphatic hydroxyl groups is 2. The molecular weight excluding hydrogens is 424 g/mol. The van der Waals surface area contributed by atoms with Gasteiger partial charge in [0.2, 0.25) is 0 Å². The molecule has 0 saturated heterocycles. The molecule has 0 aromatic heterocycles. The van der Waals surface area contributed by atoms with Crippen molar-refractivity contribution in [2.24, 2.45) is 0 Å². The van der Waals surface area contributed by atoms with Crippen molar-refractivity contribution in [2.75, 3.05) is 14.2 Å². The zero-order valence-corrected chi connectivity index (χ0v) is 13.6. The Labute approximate surface area is 112 Å². The van der Waals surface area contributed by atoms with E-state index in [2.05, 4.69) is 0 Å². The second-order valence-electron chi connectivity index (χ2n) is 1.74. The van der Waals surface area contributed by atoms with Gasteiger partial charge in [-0.3, -0.25) is 4.79 Å². The molecule has 0 fully saturated rings. The standard InChI is InChI=1S/C7H6O2.2CH4O.2ClH.Ta/c8-5-6-3-1-2-4-7(6)9;2*1-2;;;/h1-5,9H;2*2H,1H3;2*1H;/q;;;;;+2/p-2. The second kappa shape index (κ2) is 20.4. The Morgan fingerprint density at radius 3 is 1.75 bits per heavy atom. The van der Waals surface area contributed by atoms with E-state index in [0.717, 1.165) is 14.2 Å². The fourth-order valence-corrected chi connectivity index (χ4v) is 0.587. The number of carbonyl (C=O) groups excluding carboxylic acids is 1. The van der Waals surface area contributed by atoms with Crippen molar-refractivity contribution >= 4 is 24.7 Å². The molecule has 1 rings (SSSR count). The van der Waals surface area contributed by atoms with Gasteiger partial charge >= 0.3 is 36.0 Å². The Kier molecular flexibility index (Phi) is 27.0. The fourth-order valence-electron chi connectivity index (χ4n) is 0.587. The predicted molar refractivity (Wildman–Crippen MR) is 61.5 cm³/mol. The summed E-state index contributed by atoms with van der Waals surface area (Å²) < 4.78 is 0. The van der Waals surface area contributed by atoms with Gasteiger partial charge in [-0.05, 0) is 12.1 Å². The Balaban J connectivity index is -0.000000206. The van der Waals surface area contributed by atoms with Crippen LogP contribution in [0.5, 0.6) is 5.75 Å². The van der Waals surface area contributed by atoms with E-state index in [1.54, 1.807) is 18.2 Å². The number of phenolic OH excluding ortho intramolecular Hbond substituents is 1. The molecule has 0 aliphatic rings. The number of carbonyl (C=O) groups is 1. The summed E-state index contributed by atoms with van der Waals surface area (Å²) in [6.45, 7) is 0. The number of aldehydes is 1. The van der Waals surface area contributed by atoms with Gasteiger partial charge in [0.05, 0.1) is 5.56 Å². The van der Waals surface area contributed by atoms with Gasteiger partial charge < -0.3 is 15.3 Å². The molecule has 1 aromatic carbocycles. The van der Waals surface area contributed by atoms with Crippen LogP contribution in [-0.2, 0) is 17.6 Å². The van der Waals surface area contributed by atoms with Gasteiger partial charge in [0.15, 0.2) is 6.29 Å². The third-order valence-corrected chi connectivity index (χ3v) is 1.06. The van der Waals surface area contributed by atoms with E-state index in [9.17, 15) is 4.79 Å². The molecule has 1 aromatic rings. The van der Waals surface area contributed by atoms with E-state index in [4.69, 9.17) is 33.7 Å². The van der Waals surface area contributed by atoms with Crippen LogP contribution in [0.15, 0.2) is 24.3 Å². The molecule has 0 saturated carbocycles. The third kappa shape index (κ3) is 13.9. The monoisotopic (exact) mass is 437 g/mol. The predicted octanol–water partition coefficient (Wildman–Crippen LogP) is 1.80. The van der Waals surface area contributed by atoms with Crippen LogP contribution in [0.4, 0.5) is 0 Å². The van der Waals surface area contributed by atoms with Gasteiger partial charge in [0, 0.05) is 14.2 Å². The van der Waals surface area contributed by atoms with Crippen molar-refractivity contribution < 1.29 is 37.7 Å². The van der Waals surface area contributed by atoms with Crippen LogP contribution in [-0.4, -0.2) is 35.8 Å². The van der Waals surface area contributed by atoms with E-state index in [0.29, 0.717) is 11.8 Å². The molecule has 0 atom stereocenters. The summed E-state index contributed by atoms with van der Waals surface area (Å²) in [5.74, 6) is 0.0347. The number of halogens is 2. The van der Waals surface area contributed by atoms with E-state index in [1.807, 2.05) is 0 Å². The molecule has 0 spiro atoms. The van der Waals surface area contributed by atoms with Crippen LogP contribution in [0.2, 0.25) is 0 Å². The van der Waals surface area contributed by atoms with Crippen LogP contribution in [0.1, 0.15) is 10.4 Å². The third-order valence-electron chi connectivity index (χ3n) is 1.06. The second-order valence-corrected chi connectivity index (χ2v) is 6.38. The Hall–Kier alpha value is -0.0697. The van der Waals surface area contributed by atoms with Crippen molar-refractivity contribution in [1.29, 1.82) is 0 Å². The zero-order chi connectivity index (χ0) is 13.4. The molecule has 4 nitrogen and oxygen atoms in total. The first kappa shape index (κ1) is 21.2. The molecule has 0 radical (unpaired) electrons.